The zero-order chi connectivity index (χ0) is 16.2. The molecule has 0 heterocycles. The molecule has 0 saturated heterocycles. The Morgan fingerprint density at radius 3 is 2.55 bits per heavy atom. The Bertz CT molecular complexity index is 670. The normalized spacial score (nSPS) is 34.1. The van der Waals surface area contributed by atoms with Crippen LogP contribution in [0.25, 0.3) is 0 Å². The number of anilines is 1. The van der Waals surface area contributed by atoms with E-state index in [4.69, 9.17) is 0 Å². The van der Waals surface area contributed by atoms with E-state index in [1.165, 1.54) is 0 Å². The fraction of sp³-hybridized carbons (Fsp3) is 0.529. The van der Waals surface area contributed by atoms with Gasteiger partial charge in [-0.3, -0.25) is 4.79 Å². The van der Waals surface area contributed by atoms with Gasteiger partial charge in [0.15, 0.2) is 0 Å². The SMILES string of the molecule is CC1(C)[C@@]2(C(=O)Nc3ccccc3Br)CC[C@@]1(C)/C(=N\O)C2. The topological polar surface area (TPSA) is 61.7 Å². The van der Waals surface area contributed by atoms with Gasteiger partial charge in [-0.05, 0) is 46.3 Å². The molecule has 2 N–H and O–H groups in total. The number of amides is 1. The standard InChI is InChI=1S/C17H21BrN2O2/c1-15(2)16(3)8-9-17(15,10-13(16)20-22)14(21)19-12-7-5-4-6-11(12)18/h4-7,22H,8-10H2,1-3H3,(H,19,21)/b20-13-/t16-,17-/m0/s1. The maximum absolute atomic E-state index is 13.1. The van der Waals surface area contributed by atoms with Crippen LogP contribution in [0.1, 0.15) is 40.0 Å². The van der Waals surface area contributed by atoms with Crippen molar-refractivity contribution in [2.75, 3.05) is 5.32 Å². The summed E-state index contributed by atoms with van der Waals surface area (Å²) in [5, 5.41) is 15.9. The zero-order valence-electron chi connectivity index (χ0n) is 13.1. The van der Waals surface area contributed by atoms with Crippen LogP contribution in [-0.4, -0.2) is 16.8 Å². The number of rotatable bonds is 2. The number of carbonyl (C=O) groups is 1. The smallest absolute Gasteiger partial charge is 0.231 e. The molecule has 5 heteroatoms. The number of nitrogens with zero attached hydrogens (tertiary/aromatic N) is 1. The van der Waals surface area contributed by atoms with Gasteiger partial charge < -0.3 is 10.5 Å². The van der Waals surface area contributed by atoms with Crippen molar-refractivity contribution < 1.29 is 10.0 Å². The van der Waals surface area contributed by atoms with E-state index >= 15 is 0 Å². The number of hydrogen-bond donors (Lipinski definition) is 2. The lowest BCUT2D eigenvalue weighted by Crippen LogP contribution is -2.43. The Balaban J connectivity index is 1.98. The van der Waals surface area contributed by atoms with Crippen LogP contribution >= 0.6 is 15.9 Å². The summed E-state index contributed by atoms with van der Waals surface area (Å²) in [5.41, 5.74) is 0.560. The van der Waals surface area contributed by atoms with Crippen molar-refractivity contribution in [3.63, 3.8) is 0 Å². The Morgan fingerprint density at radius 1 is 1.27 bits per heavy atom. The minimum absolute atomic E-state index is 0.0202. The molecular formula is C17H21BrN2O2. The highest BCUT2D eigenvalue weighted by Gasteiger charge is 2.71. The minimum Gasteiger partial charge on any atom is -0.411 e. The van der Waals surface area contributed by atoms with Crippen molar-refractivity contribution in [2.45, 2.75) is 40.0 Å². The second-order valence-corrected chi connectivity index (χ2v) is 8.05. The average Bonchev–Trinajstić information content (AvgIpc) is 2.79. The number of para-hydroxylation sites is 1. The van der Waals surface area contributed by atoms with E-state index in [0.29, 0.717) is 6.42 Å². The van der Waals surface area contributed by atoms with E-state index in [9.17, 15) is 10.0 Å². The second kappa shape index (κ2) is 4.82. The lowest BCUT2D eigenvalue weighted by Gasteiger charge is -2.39. The van der Waals surface area contributed by atoms with E-state index in [-0.39, 0.29) is 16.7 Å². The molecule has 2 aliphatic carbocycles. The van der Waals surface area contributed by atoms with Crippen molar-refractivity contribution in [3.05, 3.63) is 28.7 Å². The summed E-state index contributed by atoms with van der Waals surface area (Å²) in [5.74, 6) is 0.0202. The van der Waals surface area contributed by atoms with Gasteiger partial charge in [0.2, 0.25) is 5.91 Å². The molecule has 1 aromatic rings. The van der Waals surface area contributed by atoms with Gasteiger partial charge in [0.1, 0.15) is 0 Å². The van der Waals surface area contributed by atoms with Gasteiger partial charge in [-0.1, -0.05) is 38.1 Å². The van der Waals surface area contributed by atoms with Crippen LogP contribution in [0.5, 0.6) is 0 Å². The van der Waals surface area contributed by atoms with Crippen molar-refractivity contribution in [1.29, 1.82) is 0 Å². The fourth-order valence-corrected chi connectivity index (χ4v) is 4.72. The van der Waals surface area contributed by atoms with Crippen LogP contribution in [0.4, 0.5) is 5.69 Å². The molecule has 2 bridgehead atoms. The maximum Gasteiger partial charge on any atom is 0.231 e. The molecular weight excluding hydrogens is 344 g/mol. The molecule has 1 aromatic carbocycles. The van der Waals surface area contributed by atoms with Crippen LogP contribution in [0.15, 0.2) is 33.9 Å². The van der Waals surface area contributed by atoms with Gasteiger partial charge in [-0.25, -0.2) is 0 Å². The van der Waals surface area contributed by atoms with Gasteiger partial charge in [0.05, 0.1) is 16.8 Å². The van der Waals surface area contributed by atoms with E-state index in [2.05, 4.69) is 47.2 Å². The van der Waals surface area contributed by atoms with E-state index in [1.807, 2.05) is 24.3 Å². The Labute approximate surface area is 139 Å². The fourth-order valence-electron chi connectivity index (χ4n) is 4.34. The van der Waals surface area contributed by atoms with E-state index in [0.717, 1.165) is 28.7 Å². The predicted octanol–water partition coefficient (Wildman–Crippen LogP) is 4.43. The van der Waals surface area contributed by atoms with Crippen LogP contribution < -0.4 is 5.32 Å². The third-order valence-electron chi connectivity index (χ3n) is 6.41. The van der Waals surface area contributed by atoms with Crippen molar-refractivity contribution >= 4 is 33.2 Å². The summed E-state index contributed by atoms with van der Waals surface area (Å²) in [6.45, 7) is 6.36. The first-order chi connectivity index (χ1) is 10.3. The first-order valence-electron chi connectivity index (χ1n) is 7.56. The van der Waals surface area contributed by atoms with Crippen molar-refractivity contribution in [3.8, 4) is 0 Å². The summed E-state index contributed by atoms with van der Waals surface area (Å²) < 4.78 is 0.868. The third kappa shape index (κ3) is 1.75. The summed E-state index contributed by atoms with van der Waals surface area (Å²) in [7, 11) is 0. The van der Waals surface area contributed by atoms with Crippen LogP contribution in [0.2, 0.25) is 0 Å². The van der Waals surface area contributed by atoms with Gasteiger partial charge >= 0.3 is 0 Å². The number of benzene rings is 1. The first kappa shape index (κ1) is 15.5. The highest BCUT2D eigenvalue weighted by molar-refractivity contribution is 9.10. The highest BCUT2D eigenvalue weighted by atomic mass is 79.9. The molecule has 4 nitrogen and oxygen atoms in total. The average molecular weight is 365 g/mol. The molecule has 1 amide bonds. The molecule has 0 spiro atoms. The summed E-state index contributed by atoms with van der Waals surface area (Å²) in [4.78, 5) is 13.1. The van der Waals surface area contributed by atoms with Crippen molar-refractivity contribution in [2.24, 2.45) is 21.4 Å². The number of hydrogen-bond acceptors (Lipinski definition) is 3. The molecule has 0 radical (unpaired) electrons. The molecule has 2 saturated carbocycles. The predicted molar refractivity (Wildman–Crippen MR) is 90.2 cm³/mol. The molecule has 2 aliphatic rings. The Hall–Kier alpha value is -1.36. The zero-order valence-corrected chi connectivity index (χ0v) is 14.7. The molecule has 3 rings (SSSR count). The van der Waals surface area contributed by atoms with E-state index < -0.39 is 5.41 Å². The lowest BCUT2D eigenvalue weighted by molar-refractivity contribution is -0.130. The first-order valence-corrected chi connectivity index (χ1v) is 8.35. The number of fused-ring (bicyclic) bond motifs is 2. The number of oxime groups is 1. The van der Waals surface area contributed by atoms with Crippen LogP contribution in [0.3, 0.4) is 0 Å². The Morgan fingerprint density at radius 2 is 1.95 bits per heavy atom. The molecule has 0 aliphatic heterocycles. The van der Waals surface area contributed by atoms with Crippen molar-refractivity contribution in [1.82, 2.24) is 0 Å². The highest BCUT2D eigenvalue weighted by Crippen LogP contribution is 2.71. The summed E-state index contributed by atoms with van der Waals surface area (Å²) >= 11 is 3.47. The lowest BCUT2D eigenvalue weighted by atomic mass is 9.64. The second-order valence-electron chi connectivity index (χ2n) is 7.20. The molecule has 0 aromatic heterocycles. The van der Waals surface area contributed by atoms with E-state index in [1.54, 1.807) is 0 Å². The van der Waals surface area contributed by atoms with Gasteiger partial charge in [0, 0.05) is 16.3 Å². The molecule has 2 atom stereocenters. The third-order valence-corrected chi connectivity index (χ3v) is 7.10. The quantitative estimate of drug-likeness (QED) is 0.602. The molecule has 118 valence electrons. The molecule has 22 heavy (non-hydrogen) atoms. The number of carbonyl (C=O) groups excluding carboxylic acids is 1. The molecule has 0 unspecified atom stereocenters. The number of nitrogens with one attached hydrogen (secondary N) is 1. The monoisotopic (exact) mass is 364 g/mol. The summed E-state index contributed by atoms with van der Waals surface area (Å²) in [6.07, 6.45) is 2.23. The largest absolute Gasteiger partial charge is 0.411 e. The Kier molecular flexibility index (Phi) is 3.40. The van der Waals surface area contributed by atoms with Crippen LogP contribution in [0, 0.1) is 16.2 Å². The van der Waals surface area contributed by atoms with Gasteiger partial charge in [-0.2, -0.15) is 0 Å². The van der Waals surface area contributed by atoms with Gasteiger partial charge in [-0.15, -0.1) is 0 Å². The van der Waals surface area contributed by atoms with Crippen LogP contribution in [-0.2, 0) is 4.79 Å². The minimum atomic E-state index is -0.515. The molecule has 2 fully saturated rings. The number of halogens is 1. The maximum atomic E-state index is 13.1. The van der Waals surface area contributed by atoms with Gasteiger partial charge in [0.25, 0.3) is 0 Å². The summed E-state index contributed by atoms with van der Waals surface area (Å²) in [6, 6.07) is 7.61.